The van der Waals surface area contributed by atoms with Crippen molar-refractivity contribution in [3.63, 3.8) is 0 Å². The van der Waals surface area contributed by atoms with Crippen LogP contribution in [0.3, 0.4) is 0 Å². The first-order chi connectivity index (χ1) is 19.2. The van der Waals surface area contributed by atoms with Gasteiger partial charge in [-0.1, -0.05) is 38.5 Å². The molecule has 4 aliphatic rings. The van der Waals surface area contributed by atoms with Crippen LogP contribution in [-0.4, -0.2) is 44.2 Å². The molecule has 5 nitrogen and oxygen atoms in total. The summed E-state index contributed by atoms with van der Waals surface area (Å²) >= 11 is 1.19. The van der Waals surface area contributed by atoms with Gasteiger partial charge < -0.3 is 10.2 Å². The predicted molar refractivity (Wildman–Crippen MR) is 150 cm³/mol. The van der Waals surface area contributed by atoms with Gasteiger partial charge in [-0.2, -0.15) is 13.2 Å². The minimum atomic E-state index is -4.48. The van der Waals surface area contributed by atoms with E-state index < -0.39 is 34.3 Å². The van der Waals surface area contributed by atoms with Gasteiger partial charge in [0.15, 0.2) is 11.6 Å². The molecule has 1 aromatic heterocycles. The van der Waals surface area contributed by atoms with E-state index in [1.807, 2.05) is 13.0 Å². The quantitative estimate of drug-likeness (QED) is 0.418. The van der Waals surface area contributed by atoms with Gasteiger partial charge >= 0.3 is 6.18 Å². The molecule has 9 heteroatoms. The monoisotopic (exact) mass is 585 g/mol. The summed E-state index contributed by atoms with van der Waals surface area (Å²) in [6.45, 7) is 6.15. The Hall–Kier alpha value is -2.49. The van der Waals surface area contributed by atoms with Crippen LogP contribution in [0.4, 0.5) is 13.2 Å². The molecule has 0 amide bonds. The number of rotatable bonds is 4. The van der Waals surface area contributed by atoms with Crippen LogP contribution in [0.2, 0.25) is 0 Å². The second kappa shape index (κ2) is 9.51. The molecule has 3 fully saturated rings. The van der Waals surface area contributed by atoms with Gasteiger partial charge in [0, 0.05) is 33.2 Å². The number of allylic oxidation sites excluding steroid dienone is 4. The predicted octanol–water partition coefficient (Wildman–Crippen LogP) is 6.17. The van der Waals surface area contributed by atoms with Gasteiger partial charge in [-0.15, -0.1) is 11.8 Å². The van der Waals surface area contributed by atoms with Crippen molar-refractivity contribution >= 4 is 34.2 Å². The Bertz CT molecular complexity index is 1500. The third kappa shape index (κ3) is 4.25. The number of benzene rings is 1. The lowest BCUT2D eigenvalue weighted by Crippen LogP contribution is -2.62. The number of carbonyl (C=O) groups is 2. The summed E-state index contributed by atoms with van der Waals surface area (Å²) in [5.41, 5.74) is -2.43. The number of nitrogens with zero attached hydrogens (tertiary/aromatic N) is 1. The van der Waals surface area contributed by atoms with Gasteiger partial charge in [0.05, 0.1) is 22.9 Å². The fourth-order valence-corrected chi connectivity index (χ4v) is 9.91. The van der Waals surface area contributed by atoms with Crippen LogP contribution in [-0.2, 0) is 15.8 Å². The molecule has 0 spiro atoms. The summed E-state index contributed by atoms with van der Waals surface area (Å²) in [6.07, 6.45) is 3.49. The van der Waals surface area contributed by atoms with Crippen molar-refractivity contribution in [1.82, 2.24) is 4.98 Å². The summed E-state index contributed by atoms with van der Waals surface area (Å²) in [4.78, 5) is 30.7. The van der Waals surface area contributed by atoms with E-state index in [1.165, 1.54) is 24.0 Å². The molecule has 6 unspecified atom stereocenters. The van der Waals surface area contributed by atoms with Crippen molar-refractivity contribution in [3.05, 3.63) is 59.8 Å². The third-order valence-corrected chi connectivity index (χ3v) is 11.9. The van der Waals surface area contributed by atoms with Crippen molar-refractivity contribution < 1.29 is 33.0 Å². The molecule has 1 heterocycles. The number of carbonyl (C=O) groups excluding carboxylic acids is 2. The first-order valence-electron chi connectivity index (χ1n) is 14.2. The van der Waals surface area contributed by atoms with E-state index in [4.69, 9.17) is 0 Å². The Morgan fingerprint density at radius 1 is 1.22 bits per heavy atom. The van der Waals surface area contributed by atoms with Crippen LogP contribution >= 0.6 is 11.8 Å². The number of ketones is 2. The number of halogens is 3. The fourth-order valence-electron chi connectivity index (χ4n) is 8.90. The zero-order valence-electron chi connectivity index (χ0n) is 23.2. The Balaban J connectivity index is 1.25. The van der Waals surface area contributed by atoms with E-state index in [1.54, 1.807) is 18.2 Å². The van der Waals surface area contributed by atoms with Gasteiger partial charge in [-0.25, -0.2) is 0 Å². The van der Waals surface area contributed by atoms with Crippen LogP contribution in [0.15, 0.2) is 59.2 Å². The maximum atomic E-state index is 13.8. The highest BCUT2D eigenvalue weighted by molar-refractivity contribution is 8.00. The van der Waals surface area contributed by atoms with Crippen molar-refractivity contribution in [3.8, 4) is 0 Å². The zero-order valence-corrected chi connectivity index (χ0v) is 24.1. The van der Waals surface area contributed by atoms with E-state index in [-0.39, 0.29) is 52.9 Å². The number of aliphatic hydroxyl groups excluding tert-OH is 1. The maximum Gasteiger partial charge on any atom is 0.416 e. The average molecular weight is 586 g/mol. The van der Waals surface area contributed by atoms with Crippen molar-refractivity contribution in [2.45, 2.75) is 69.2 Å². The normalized spacial score (nSPS) is 38.3. The van der Waals surface area contributed by atoms with Gasteiger partial charge in [0.2, 0.25) is 0 Å². The molecule has 0 bridgehead atoms. The summed E-state index contributed by atoms with van der Waals surface area (Å²) in [6, 6.07) is 5.05. The van der Waals surface area contributed by atoms with Crippen LogP contribution < -0.4 is 0 Å². The standard InChI is InChI=1S/C32H34F3NO4S/c1-17-12-21-22-7-10-31(40,30(22,3)15-25(38)28(21)29(2)9-6-19(37)14-23(17)29)27(39)16-41-26-8-11-36-24-13-18(32(33,34)35)4-5-20(24)26/h4-6,8-9,11,13-14,17,21-22,25,28,38,40H,7,10,12,15-16H2,1-3H3/t17-,21?,22?,25?,28?,29?,30?,31-/m0/s1. The average Bonchev–Trinajstić information content (AvgIpc) is 3.18. The van der Waals surface area contributed by atoms with Crippen molar-refractivity contribution in [2.24, 2.45) is 34.5 Å². The lowest BCUT2D eigenvalue weighted by Gasteiger charge is -2.60. The summed E-state index contributed by atoms with van der Waals surface area (Å²) in [7, 11) is 0. The molecular formula is C32H34F3NO4S. The Morgan fingerprint density at radius 3 is 2.71 bits per heavy atom. The van der Waals surface area contributed by atoms with E-state index in [9.17, 15) is 33.0 Å². The van der Waals surface area contributed by atoms with Gasteiger partial charge in [-0.3, -0.25) is 14.6 Å². The number of hydrogen-bond acceptors (Lipinski definition) is 6. The Labute approximate surface area is 241 Å². The molecule has 218 valence electrons. The summed E-state index contributed by atoms with van der Waals surface area (Å²) < 4.78 is 39.6. The van der Waals surface area contributed by atoms with Gasteiger partial charge in [0.1, 0.15) is 5.60 Å². The molecule has 1 aromatic carbocycles. The molecular weight excluding hydrogens is 551 g/mol. The van der Waals surface area contributed by atoms with Crippen molar-refractivity contribution in [1.29, 1.82) is 0 Å². The number of aliphatic hydroxyl groups is 2. The number of aromatic nitrogens is 1. The topological polar surface area (TPSA) is 87.5 Å². The van der Waals surface area contributed by atoms with Crippen LogP contribution in [0.25, 0.3) is 10.9 Å². The van der Waals surface area contributed by atoms with E-state index in [0.717, 1.165) is 24.1 Å². The van der Waals surface area contributed by atoms with E-state index in [2.05, 4.69) is 18.8 Å². The highest BCUT2D eigenvalue weighted by atomic mass is 32.2. The molecule has 41 heavy (non-hydrogen) atoms. The number of pyridine rings is 1. The number of fused-ring (bicyclic) bond motifs is 6. The minimum Gasteiger partial charge on any atom is -0.393 e. The van der Waals surface area contributed by atoms with Crippen LogP contribution in [0.1, 0.15) is 52.0 Å². The summed E-state index contributed by atoms with van der Waals surface area (Å²) in [5.74, 6) is -0.251. The van der Waals surface area contributed by atoms with E-state index in [0.29, 0.717) is 23.1 Å². The Morgan fingerprint density at radius 2 is 1.98 bits per heavy atom. The zero-order chi connectivity index (χ0) is 29.5. The first-order valence-corrected chi connectivity index (χ1v) is 15.2. The number of Topliss-reactive ketones (excluding diaryl/α,β-unsaturated/α-hetero) is 1. The van der Waals surface area contributed by atoms with Gasteiger partial charge in [-0.05, 0) is 73.8 Å². The maximum absolute atomic E-state index is 13.8. The second-order valence-corrected chi connectivity index (χ2v) is 13.9. The molecule has 0 aliphatic heterocycles. The molecule has 2 aromatic rings. The number of hydrogen-bond donors (Lipinski definition) is 2. The minimum absolute atomic E-state index is 0.0287. The second-order valence-electron chi connectivity index (χ2n) is 12.9. The number of alkyl halides is 3. The molecule has 8 atom stereocenters. The van der Waals surface area contributed by atoms with Crippen molar-refractivity contribution in [2.75, 3.05) is 5.75 Å². The lowest BCUT2D eigenvalue weighted by atomic mass is 9.45. The third-order valence-electron chi connectivity index (χ3n) is 10.8. The van der Waals surface area contributed by atoms with E-state index >= 15 is 0 Å². The van der Waals surface area contributed by atoms with Crippen LogP contribution in [0, 0.1) is 34.5 Å². The molecule has 6 rings (SSSR count). The molecule has 3 saturated carbocycles. The molecule has 2 N–H and O–H groups in total. The highest BCUT2D eigenvalue weighted by Crippen LogP contribution is 2.68. The molecule has 0 radical (unpaired) electrons. The first kappa shape index (κ1) is 28.6. The molecule has 4 aliphatic carbocycles. The largest absolute Gasteiger partial charge is 0.416 e. The SMILES string of the molecule is C[C@H]1CC2C(C(O)CC3(C)C2CC[C@]3(O)C(=O)CSc2ccnc3cc(C(F)(F)F)ccc23)C2(C)C=CC(=O)C=C12. The lowest BCUT2D eigenvalue weighted by molar-refractivity contribution is -0.176. The fraction of sp³-hybridized carbons (Fsp3) is 0.531. The van der Waals surface area contributed by atoms with Crippen LogP contribution in [0.5, 0.6) is 0 Å². The summed E-state index contributed by atoms with van der Waals surface area (Å²) in [5, 5.41) is 24.2. The van der Waals surface area contributed by atoms with Gasteiger partial charge in [0.25, 0.3) is 0 Å². The number of thioether (sulfide) groups is 1. The highest BCUT2D eigenvalue weighted by Gasteiger charge is 2.68. The smallest absolute Gasteiger partial charge is 0.393 e. The Kier molecular flexibility index (Phi) is 6.64. The molecule has 0 saturated heterocycles.